The fraction of sp³-hybridized carbons (Fsp3) is 0.259. The predicted molar refractivity (Wildman–Crippen MR) is 139 cm³/mol. The quantitative estimate of drug-likeness (QED) is 0.341. The highest BCUT2D eigenvalue weighted by Gasteiger charge is 2.31. The molecule has 0 aromatic heterocycles. The minimum absolute atomic E-state index is 0.0837. The molecule has 0 spiro atoms. The second kappa shape index (κ2) is 12.7. The van der Waals surface area contributed by atoms with E-state index in [0.717, 1.165) is 5.56 Å². The average molecular weight is 562 g/mol. The minimum Gasteiger partial charge on any atom is -0.483 e. The average Bonchev–Trinajstić information content (AvgIpc) is 2.82. The molecule has 35 heavy (non-hydrogen) atoms. The van der Waals surface area contributed by atoms with Gasteiger partial charge in [-0.3, -0.25) is 9.59 Å². The Balaban J connectivity index is 1.93. The van der Waals surface area contributed by atoms with E-state index >= 15 is 0 Å². The molecule has 0 radical (unpaired) electrons. The van der Waals surface area contributed by atoms with Crippen molar-refractivity contribution in [2.75, 3.05) is 6.61 Å². The normalized spacial score (nSPS) is 11.7. The lowest BCUT2D eigenvalue weighted by molar-refractivity contribution is -0.143. The van der Waals surface area contributed by atoms with Crippen molar-refractivity contribution in [2.45, 2.75) is 38.9 Å². The van der Waals surface area contributed by atoms with Crippen LogP contribution >= 0.6 is 27.5 Å². The lowest BCUT2D eigenvalue weighted by Crippen LogP contribution is -2.53. The van der Waals surface area contributed by atoms with Crippen LogP contribution in [0.3, 0.4) is 0 Å². The maximum absolute atomic E-state index is 14.6. The SMILES string of the molecule is CC(C)NC(=O)C(Cc1ccccc1)N(Cc1ccccc1F)C(=O)COc1ccc(Cl)cc1Br. The molecule has 0 saturated carbocycles. The molecule has 3 aromatic carbocycles. The molecular weight excluding hydrogens is 535 g/mol. The van der Waals surface area contributed by atoms with E-state index in [1.54, 1.807) is 36.4 Å². The van der Waals surface area contributed by atoms with Crippen molar-refractivity contribution in [3.8, 4) is 5.75 Å². The van der Waals surface area contributed by atoms with Crippen LogP contribution in [0.25, 0.3) is 0 Å². The van der Waals surface area contributed by atoms with Gasteiger partial charge in [0.25, 0.3) is 5.91 Å². The molecule has 0 fully saturated rings. The number of carbonyl (C=O) groups is 2. The van der Waals surface area contributed by atoms with E-state index < -0.39 is 17.8 Å². The van der Waals surface area contributed by atoms with E-state index in [1.807, 2.05) is 44.2 Å². The Kier molecular flexibility index (Phi) is 9.69. The number of hydrogen-bond acceptors (Lipinski definition) is 3. The van der Waals surface area contributed by atoms with Crippen molar-refractivity contribution in [2.24, 2.45) is 0 Å². The molecule has 0 heterocycles. The highest BCUT2D eigenvalue weighted by atomic mass is 79.9. The van der Waals surface area contributed by atoms with Crippen molar-refractivity contribution < 1.29 is 18.7 Å². The summed E-state index contributed by atoms with van der Waals surface area (Å²) in [4.78, 5) is 28.2. The van der Waals surface area contributed by atoms with E-state index in [4.69, 9.17) is 16.3 Å². The second-order valence-electron chi connectivity index (χ2n) is 8.35. The number of benzene rings is 3. The zero-order valence-electron chi connectivity index (χ0n) is 19.5. The fourth-order valence-corrected chi connectivity index (χ4v) is 4.36. The number of halogens is 3. The van der Waals surface area contributed by atoms with E-state index in [0.29, 0.717) is 20.8 Å². The second-order valence-corrected chi connectivity index (χ2v) is 9.64. The summed E-state index contributed by atoms with van der Waals surface area (Å²) in [7, 11) is 0. The first-order valence-electron chi connectivity index (χ1n) is 11.2. The van der Waals surface area contributed by atoms with E-state index in [1.165, 1.54) is 11.0 Å². The summed E-state index contributed by atoms with van der Waals surface area (Å²) in [5.41, 5.74) is 1.19. The van der Waals surface area contributed by atoms with Gasteiger partial charge in [0.2, 0.25) is 5.91 Å². The summed E-state index contributed by atoms with van der Waals surface area (Å²) < 4.78 is 20.9. The number of rotatable bonds is 10. The van der Waals surface area contributed by atoms with Crippen LogP contribution in [-0.2, 0) is 22.6 Å². The first kappa shape index (κ1) is 26.7. The highest BCUT2D eigenvalue weighted by Crippen LogP contribution is 2.28. The predicted octanol–water partition coefficient (Wildman–Crippen LogP) is 5.79. The van der Waals surface area contributed by atoms with Crippen LogP contribution in [0.5, 0.6) is 5.75 Å². The Bertz CT molecular complexity index is 1160. The molecular formula is C27H27BrClFN2O3. The smallest absolute Gasteiger partial charge is 0.261 e. The summed E-state index contributed by atoms with van der Waals surface area (Å²) in [6.07, 6.45) is 0.268. The monoisotopic (exact) mass is 560 g/mol. The fourth-order valence-electron chi connectivity index (χ4n) is 3.56. The molecule has 0 aliphatic carbocycles. The topological polar surface area (TPSA) is 58.6 Å². The van der Waals surface area contributed by atoms with Gasteiger partial charge < -0.3 is 15.0 Å². The number of amides is 2. The third kappa shape index (κ3) is 7.80. The first-order chi connectivity index (χ1) is 16.7. The van der Waals surface area contributed by atoms with Crippen LogP contribution in [-0.4, -0.2) is 35.4 Å². The lowest BCUT2D eigenvalue weighted by Gasteiger charge is -2.32. The summed E-state index contributed by atoms with van der Waals surface area (Å²) in [6.45, 7) is 3.28. The third-order valence-corrected chi connectivity index (χ3v) is 6.10. The first-order valence-corrected chi connectivity index (χ1v) is 12.4. The van der Waals surface area contributed by atoms with Crippen molar-refractivity contribution in [1.29, 1.82) is 0 Å². The molecule has 1 N–H and O–H groups in total. The van der Waals surface area contributed by atoms with Gasteiger partial charge in [-0.05, 0) is 59.6 Å². The van der Waals surface area contributed by atoms with Crippen molar-refractivity contribution in [1.82, 2.24) is 10.2 Å². The van der Waals surface area contributed by atoms with Crippen molar-refractivity contribution in [3.05, 3.63) is 99.2 Å². The Labute approximate surface area is 218 Å². The zero-order chi connectivity index (χ0) is 25.4. The summed E-state index contributed by atoms with van der Waals surface area (Å²) in [5, 5.41) is 3.42. The van der Waals surface area contributed by atoms with Gasteiger partial charge >= 0.3 is 0 Å². The van der Waals surface area contributed by atoms with Crippen LogP contribution in [0.1, 0.15) is 25.0 Å². The van der Waals surface area contributed by atoms with Gasteiger partial charge in [0.1, 0.15) is 17.6 Å². The van der Waals surface area contributed by atoms with Gasteiger partial charge in [-0.15, -0.1) is 0 Å². The Morgan fingerprint density at radius 2 is 1.74 bits per heavy atom. The number of nitrogens with one attached hydrogen (secondary N) is 1. The molecule has 0 bridgehead atoms. The molecule has 5 nitrogen and oxygen atoms in total. The number of carbonyl (C=O) groups excluding carboxylic acids is 2. The molecule has 0 aliphatic heterocycles. The number of ether oxygens (including phenoxy) is 1. The van der Waals surface area contributed by atoms with E-state index in [9.17, 15) is 14.0 Å². The Hall–Kier alpha value is -2.90. The summed E-state index contributed by atoms with van der Waals surface area (Å²) in [6, 6.07) is 19.6. The molecule has 3 rings (SSSR count). The Morgan fingerprint density at radius 1 is 1.06 bits per heavy atom. The van der Waals surface area contributed by atoms with Gasteiger partial charge in [-0.1, -0.05) is 60.1 Å². The summed E-state index contributed by atoms with van der Waals surface area (Å²) >= 11 is 9.36. The van der Waals surface area contributed by atoms with E-state index in [2.05, 4.69) is 21.2 Å². The van der Waals surface area contributed by atoms with Gasteiger partial charge in [-0.25, -0.2) is 4.39 Å². The van der Waals surface area contributed by atoms with Crippen molar-refractivity contribution >= 4 is 39.3 Å². The van der Waals surface area contributed by atoms with Crippen LogP contribution in [0.4, 0.5) is 4.39 Å². The maximum Gasteiger partial charge on any atom is 0.261 e. The van der Waals surface area contributed by atoms with Crippen molar-refractivity contribution in [3.63, 3.8) is 0 Å². The largest absolute Gasteiger partial charge is 0.483 e. The van der Waals surface area contributed by atoms with E-state index in [-0.39, 0.29) is 31.5 Å². The molecule has 1 atom stereocenters. The molecule has 0 aliphatic rings. The highest BCUT2D eigenvalue weighted by molar-refractivity contribution is 9.10. The molecule has 2 amide bonds. The van der Waals surface area contributed by atoms with Crippen LogP contribution in [0.2, 0.25) is 5.02 Å². The van der Waals surface area contributed by atoms with Crippen LogP contribution < -0.4 is 10.1 Å². The molecule has 184 valence electrons. The standard InChI is InChI=1S/C27H27BrClFN2O3/c1-18(2)31-27(34)24(14-19-8-4-3-5-9-19)32(16-20-10-6-7-11-23(20)30)26(33)17-35-25-13-12-21(29)15-22(25)28/h3-13,15,18,24H,14,16-17H2,1-2H3,(H,31,34). The zero-order valence-corrected chi connectivity index (χ0v) is 21.9. The molecule has 1 unspecified atom stereocenters. The lowest BCUT2D eigenvalue weighted by atomic mass is 10.0. The Morgan fingerprint density at radius 3 is 2.40 bits per heavy atom. The number of hydrogen-bond donors (Lipinski definition) is 1. The van der Waals surface area contributed by atoms with Gasteiger partial charge in [-0.2, -0.15) is 0 Å². The van der Waals surface area contributed by atoms with Gasteiger partial charge in [0, 0.05) is 29.6 Å². The molecule has 3 aromatic rings. The van der Waals surface area contributed by atoms with Crippen LogP contribution in [0.15, 0.2) is 77.3 Å². The maximum atomic E-state index is 14.6. The number of nitrogens with zero attached hydrogens (tertiary/aromatic N) is 1. The third-order valence-electron chi connectivity index (χ3n) is 5.25. The molecule has 0 saturated heterocycles. The minimum atomic E-state index is -0.871. The van der Waals surface area contributed by atoms with Gasteiger partial charge in [0.05, 0.1) is 4.47 Å². The van der Waals surface area contributed by atoms with Gasteiger partial charge in [0.15, 0.2) is 6.61 Å². The summed E-state index contributed by atoms with van der Waals surface area (Å²) in [5.74, 6) is -0.787. The molecule has 8 heteroatoms. The van der Waals surface area contributed by atoms with Crippen LogP contribution in [0, 0.1) is 5.82 Å².